The van der Waals surface area contributed by atoms with Crippen LogP contribution in [0.5, 0.6) is 0 Å². The van der Waals surface area contributed by atoms with Crippen molar-refractivity contribution in [3.8, 4) is 11.1 Å². The Labute approximate surface area is 118 Å². The van der Waals surface area contributed by atoms with Crippen LogP contribution < -0.4 is 5.56 Å². The number of methoxy groups -OCH3 is 1. The largest absolute Gasteiger partial charge is 0.464 e. The molecule has 0 saturated carbocycles. The van der Waals surface area contributed by atoms with Crippen molar-refractivity contribution in [3.63, 3.8) is 0 Å². The van der Waals surface area contributed by atoms with Gasteiger partial charge in [0, 0.05) is 27.2 Å². The Balaban J connectivity index is 2.71. The number of nitrogens with one attached hydrogen (secondary N) is 1. The molecule has 2 aromatic rings. The van der Waals surface area contributed by atoms with Gasteiger partial charge in [0.2, 0.25) is 5.56 Å². The van der Waals surface area contributed by atoms with E-state index in [2.05, 4.69) is 9.72 Å². The molecule has 1 N–H and O–H groups in total. The predicted molar refractivity (Wildman–Crippen MR) is 73.9 cm³/mol. The van der Waals surface area contributed by atoms with Crippen LogP contribution in [-0.4, -0.2) is 18.1 Å². The Morgan fingerprint density at radius 1 is 1.16 bits per heavy atom. The van der Waals surface area contributed by atoms with Gasteiger partial charge >= 0.3 is 5.97 Å². The smallest absolute Gasteiger partial charge is 0.355 e. The number of esters is 1. The molecule has 6 heteroatoms. The van der Waals surface area contributed by atoms with E-state index in [1.807, 2.05) is 0 Å². The summed E-state index contributed by atoms with van der Waals surface area (Å²) in [5.74, 6) is -0.649. The van der Waals surface area contributed by atoms with Gasteiger partial charge in [0.15, 0.2) is 0 Å². The Morgan fingerprint density at radius 3 is 2.58 bits per heavy atom. The number of aromatic amines is 1. The first kappa shape index (κ1) is 13.6. The molecule has 19 heavy (non-hydrogen) atoms. The summed E-state index contributed by atoms with van der Waals surface area (Å²) in [6, 6.07) is 7.67. The number of carbonyl (C=O) groups is 1. The van der Waals surface area contributed by atoms with E-state index >= 15 is 0 Å². The topological polar surface area (TPSA) is 59.2 Å². The predicted octanol–water partition coefficient (Wildman–Crippen LogP) is 3.14. The van der Waals surface area contributed by atoms with E-state index in [0.29, 0.717) is 21.2 Å². The van der Waals surface area contributed by atoms with Crippen LogP contribution in [0.4, 0.5) is 0 Å². The van der Waals surface area contributed by atoms with E-state index < -0.39 is 11.5 Å². The molecule has 0 aliphatic carbocycles. The van der Waals surface area contributed by atoms with Crippen LogP contribution in [0.2, 0.25) is 10.0 Å². The van der Waals surface area contributed by atoms with E-state index in [-0.39, 0.29) is 5.69 Å². The second-order valence-electron chi connectivity index (χ2n) is 3.73. The zero-order valence-electron chi connectivity index (χ0n) is 9.87. The molecule has 0 radical (unpaired) electrons. The average Bonchev–Trinajstić information content (AvgIpc) is 2.41. The third kappa shape index (κ3) is 2.80. The van der Waals surface area contributed by atoms with Crippen molar-refractivity contribution in [3.05, 3.63) is 56.4 Å². The first-order valence-corrected chi connectivity index (χ1v) is 6.05. The van der Waals surface area contributed by atoms with Crippen LogP contribution in [0.15, 0.2) is 35.1 Å². The highest BCUT2D eigenvalue weighted by Gasteiger charge is 2.16. The summed E-state index contributed by atoms with van der Waals surface area (Å²) in [6.07, 6.45) is 0. The van der Waals surface area contributed by atoms with Gasteiger partial charge in [-0.15, -0.1) is 0 Å². The lowest BCUT2D eigenvalue weighted by atomic mass is 10.0. The maximum atomic E-state index is 11.7. The molecule has 98 valence electrons. The quantitative estimate of drug-likeness (QED) is 0.866. The van der Waals surface area contributed by atoms with E-state index in [1.54, 1.807) is 18.2 Å². The SMILES string of the molecule is COC(=O)c1[nH]c(=O)ccc1-c1cc(Cl)ccc1Cl. The van der Waals surface area contributed by atoms with Crippen molar-refractivity contribution in [2.24, 2.45) is 0 Å². The van der Waals surface area contributed by atoms with Gasteiger partial charge in [-0.05, 0) is 24.3 Å². The van der Waals surface area contributed by atoms with E-state index in [9.17, 15) is 9.59 Å². The number of hydrogen-bond acceptors (Lipinski definition) is 3. The summed E-state index contributed by atoms with van der Waals surface area (Å²) in [4.78, 5) is 25.5. The molecular formula is C13H9Cl2NO3. The van der Waals surface area contributed by atoms with Gasteiger partial charge in [-0.25, -0.2) is 4.79 Å². The zero-order chi connectivity index (χ0) is 14.0. The Kier molecular flexibility index (Phi) is 3.93. The van der Waals surface area contributed by atoms with Crippen LogP contribution in [-0.2, 0) is 4.74 Å². The molecule has 0 bridgehead atoms. The lowest BCUT2D eigenvalue weighted by molar-refractivity contribution is 0.0594. The third-order valence-electron chi connectivity index (χ3n) is 2.53. The second kappa shape index (κ2) is 5.47. The summed E-state index contributed by atoms with van der Waals surface area (Å²) in [6.45, 7) is 0. The standard InChI is InChI=1S/C13H9Cl2NO3/c1-19-13(18)12-8(3-5-11(17)16-12)9-6-7(14)2-4-10(9)15/h2-6H,1H3,(H,16,17). The molecule has 1 heterocycles. The van der Waals surface area contributed by atoms with Gasteiger partial charge in [-0.2, -0.15) is 0 Å². The molecule has 0 fully saturated rings. The summed E-state index contributed by atoms with van der Waals surface area (Å²) < 4.78 is 4.64. The minimum absolute atomic E-state index is 0.0409. The summed E-state index contributed by atoms with van der Waals surface area (Å²) in [5.41, 5.74) is 0.645. The number of ether oxygens (including phenoxy) is 1. The summed E-state index contributed by atoms with van der Waals surface area (Å²) >= 11 is 12.0. The van der Waals surface area contributed by atoms with E-state index in [4.69, 9.17) is 23.2 Å². The van der Waals surface area contributed by atoms with Gasteiger partial charge in [-0.3, -0.25) is 4.79 Å². The Hall–Kier alpha value is -1.78. The number of rotatable bonds is 2. The highest BCUT2D eigenvalue weighted by atomic mass is 35.5. The lowest BCUT2D eigenvalue weighted by Crippen LogP contribution is -2.14. The van der Waals surface area contributed by atoms with Crippen LogP contribution >= 0.6 is 23.2 Å². The number of hydrogen-bond donors (Lipinski definition) is 1. The number of benzene rings is 1. The van der Waals surface area contributed by atoms with Crippen LogP contribution in [0.3, 0.4) is 0 Å². The molecular weight excluding hydrogens is 289 g/mol. The minimum atomic E-state index is -0.649. The summed E-state index contributed by atoms with van der Waals surface area (Å²) in [5, 5.41) is 0.892. The van der Waals surface area contributed by atoms with Crippen molar-refractivity contribution in [1.82, 2.24) is 4.98 Å². The number of H-pyrrole nitrogens is 1. The maximum absolute atomic E-state index is 11.7. The van der Waals surface area contributed by atoms with Gasteiger partial charge in [0.05, 0.1) is 7.11 Å². The minimum Gasteiger partial charge on any atom is -0.464 e. The molecule has 1 aromatic carbocycles. The maximum Gasteiger partial charge on any atom is 0.355 e. The van der Waals surface area contributed by atoms with Crippen LogP contribution in [0.1, 0.15) is 10.5 Å². The molecule has 4 nitrogen and oxygen atoms in total. The molecule has 2 rings (SSSR count). The fourth-order valence-electron chi connectivity index (χ4n) is 1.67. The van der Waals surface area contributed by atoms with Gasteiger partial charge in [-0.1, -0.05) is 23.2 Å². The first-order chi connectivity index (χ1) is 9.02. The normalized spacial score (nSPS) is 10.3. The fourth-order valence-corrected chi connectivity index (χ4v) is 2.06. The monoisotopic (exact) mass is 297 g/mol. The zero-order valence-corrected chi connectivity index (χ0v) is 11.4. The molecule has 0 saturated heterocycles. The number of aromatic nitrogens is 1. The average molecular weight is 298 g/mol. The Morgan fingerprint density at radius 2 is 1.89 bits per heavy atom. The first-order valence-electron chi connectivity index (χ1n) is 5.30. The van der Waals surface area contributed by atoms with Crippen molar-refractivity contribution < 1.29 is 9.53 Å². The number of carbonyl (C=O) groups excluding carboxylic acids is 1. The number of halogens is 2. The molecule has 0 aliphatic heterocycles. The molecule has 0 atom stereocenters. The lowest BCUT2D eigenvalue weighted by Gasteiger charge is -2.09. The molecule has 0 spiro atoms. The van der Waals surface area contributed by atoms with Crippen LogP contribution in [0.25, 0.3) is 11.1 Å². The fraction of sp³-hybridized carbons (Fsp3) is 0.0769. The van der Waals surface area contributed by atoms with E-state index in [1.165, 1.54) is 19.2 Å². The van der Waals surface area contributed by atoms with Crippen molar-refractivity contribution in [2.45, 2.75) is 0 Å². The highest BCUT2D eigenvalue weighted by Crippen LogP contribution is 2.31. The highest BCUT2D eigenvalue weighted by molar-refractivity contribution is 6.35. The molecule has 1 aromatic heterocycles. The van der Waals surface area contributed by atoms with Crippen molar-refractivity contribution in [2.75, 3.05) is 7.11 Å². The second-order valence-corrected chi connectivity index (χ2v) is 4.57. The van der Waals surface area contributed by atoms with Crippen LogP contribution in [0, 0.1) is 0 Å². The van der Waals surface area contributed by atoms with Gasteiger partial charge in [0.25, 0.3) is 0 Å². The summed E-state index contributed by atoms with van der Waals surface area (Å²) in [7, 11) is 1.23. The van der Waals surface area contributed by atoms with Gasteiger partial charge in [0.1, 0.15) is 5.69 Å². The third-order valence-corrected chi connectivity index (χ3v) is 3.09. The number of pyridine rings is 1. The molecule has 0 amide bonds. The Bertz CT molecular complexity index is 695. The van der Waals surface area contributed by atoms with Crippen molar-refractivity contribution in [1.29, 1.82) is 0 Å². The van der Waals surface area contributed by atoms with Gasteiger partial charge < -0.3 is 9.72 Å². The van der Waals surface area contributed by atoms with Crippen molar-refractivity contribution >= 4 is 29.2 Å². The molecule has 0 aliphatic rings. The molecule has 0 unspecified atom stereocenters. The van der Waals surface area contributed by atoms with E-state index in [0.717, 1.165) is 0 Å².